The van der Waals surface area contributed by atoms with Crippen molar-refractivity contribution in [3.63, 3.8) is 0 Å². The van der Waals surface area contributed by atoms with Gasteiger partial charge in [0.05, 0.1) is 0 Å². The average Bonchev–Trinajstić information content (AvgIpc) is 2.32. The van der Waals surface area contributed by atoms with Crippen LogP contribution in [-0.4, -0.2) is 0 Å². The molecule has 0 fully saturated rings. The van der Waals surface area contributed by atoms with Gasteiger partial charge in [-0.05, 0) is 37.7 Å². The molecule has 2 rings (SSSR count). The lowest BCUT2D eigenvalue weighted by Gasteiger charge is -2.42. The van der Waals surface area contributed by atoms with E-state index in [4.69, 9.17) is 0 Å². The van der Waals surface area contributed by atoms with Gasteiger partial charge in [-0.15, -0.1) is 0 Å². The number of allylic oxidation sites excluding steroid dienone is 2. The van der Waals surface area contributed by atoms with Gasteiger partial charge in [-0.2, -0.15) is 0 Å². The van der Waals surface area contributed by atoms with E-state index in [9.17, 15) is 13.2 Å². The summed E-state index contributed by atoms with van der Waals surface area (Å²) in [6.45, 7) is 8.02. The van der Waals surface area contributed by atoms with Crippen LogP contribution in [0.1, 0.15) is 46.1 Å². The Morgan fingerprint density at radius 2 is 1.85 bits per heavy atom. The molecule has 1 aromatic carbocycles. The molecule has 0 amide bonds. The molecule has 0 bridgehead atoms. The molecule has 20 heavy (non-hydrogen) atoms. The maximum Gasteiger partial charge on any atom is 0.163 e. The van der Waals surface area contributed by atoms with E-state index in [-0.39, 0.29) is 11.5 Å². The number of benzene rings is 1. The maximum atomic E-state index is 14.2. The molecule has 0 nitrogen and oxygen atoms in total. The topological polar surface area (TPSA) is 0 Å². The zero-order valence-corrected chi connectivity index (χ0v) is 12.4. The van der Waals surface area contributed by atoms with Gasteiger partial charge >= 0.3 is 0 Å². The highest BCUT2D eigenvalue weighted by atomic mass is 19.2. The second-order valence-electron chi connectivity index (χ2n) is 6.41. The third-order valence-electron chi connectivity index (χ3n) is 4.54. The summed E-state index contributed by atoms with van der Waals surface area (Å²) in [7, 11) is 0. The highest BCUT2D eigenvalue weighted by molar-refractivity contribution is 5.36. The van der Waals surface area contributed by atoms with Gasteiger partial charge in [0.2, 0.25) is 0 Å². The SMILES string of the molecule is CC1=C[C@](C)(c2cc(F)cc(F)c2F)C(C(C)C)CC1. The third-order valence-corrected chi connectivity index (χ3v) is 4.54. The molecule has 110 valence electrons. The Morgan fingerprint density at radius 1 is 1.20 bits per heavy atom. The first kappa shape index (κ1) is 15.1. The van der Waals surface area contributed by atoms with E-state index < -0.39 is 22.9 Å². The van der Waals surface area contributed by atoms with Crippen molar-refractivity contribution in [1.29, 1.82) is 0 Å². The molecule has 0 spiro atoms. The van der Waals surface area contributed by atoms with Gasteiger partial charge in [0.1, 0.15) is 5.82 Å². The van der Waals surface area contributed by atoms with E-state index in [1.165, 1.54) is 0 Å². The van der Waals surface area contributed by atoms with Crippen LogP contribution in [0.4, 0.5) is 13.2 Å². The van der Waals surface area contributed by atoms with Gasteiger partial charge in [-0.1, -0.05) is 32.4 Å². The lowest BCUT2D eigenvalue weighted by Crippen LogP contribution is -2.37. The van der Waals surface area contributed by atoms with Crippen LogP contribution >= 0.6 is 0 Å². The monoisotopic (exact) mass is 282 g/mol. The van der Waals surface area contributed by atoms with Crippen LogP contribution in [-0.2, 0) is 5.41 Å². The van der Waals surface area contributed by atoms with Crippen LogP contribution in [0, 0.1) is 29.3 Å². The van der Waals surface area contributed by atoms with Crippen molar-refractivity contribution in [2.45, 2.75) is 46.0 Å². The van der Waals surface area contributed by atoms with Crippen molar-refractivity contribution >= 4 is 0 Å². The molecule has 1 unspecified atom stereocenters. The van der Waals surface area contributed by atoms with Gasteiger partial charge in [-0.3, -0.25) is 0 Å². The maximum absolute atomic E-state index is 14.2. The Balaban J connectivity index is 2.65. The fourth-order valence-corrected chi connectivity index (χ4v) is 3.63. The quantitative estimate of drug-likeness (QED) is 0.505. The number of halogens is 3. The summed E-state index contributed by atoms with van der Waals surface area (Å²) in [5.74, 6) is -2.28. The van der Waals surface area contributed by atoms with Crippen LogP contribution in [0.15, 0.2) is 23.8 Å². The fraction of sp³-hybridized carbons (Fsp3) is 0.529. The van der Waals surface area contributed by atoms with E-state index in [0.717, 1.165) is 24.5 Å². The molecule has 1 aliphatic carbocycles. The van der Waals surface area contributed by atoms with Gasteiger partial charge < -0.3 is 0 Å². The first-order valence-electron chi connectivity index (χ1n) is 7.09. The van der Waals surface area contributed by atoms with Crippen LogP contribution in [0.3, 0.4) is 0 Å². The highest BCUT2D eigenvalue weighted by Gasteiger charge is 2.40. The molecule has 1 aromatic rings. The summed E-state index contributed by atoms with van der Waals surface area (Å²) in [4.78, 5) is 0. The fourth-order valence-electron chi connectivity index (χ4n) is 3.63. The minimum atomic E-state index is -1.11. The van der Waals surface area contributed by atoms with Crippen molar-refractivity contribution < 1.29 is 13.2 Å². The second-order valence-corrected chi connectivity index (χ2v) is 6.41. The molecule has 3 heteroatoms. The summed E-state index contributed by atoms with van der Waals surface area (Å²) in [6.07, 6.45) is 3.85. The highest BCUT2D eigenvalue weighted by Crippen LogP contribution is 2.46. The second kappa shape index (κ2) is 5.27. The number of hydrogen-bond acceptors (Lipinski definition) is 0. The van der Waals surface area contributed by atoms with Crippen molar-refractivity contribution in [1.82, 2.24) is 0 Å². The standard InChI is InChI=1S/C17H21F3/c1-10(2)13-6-5-11(3)9-17(13,4)14-7-12(18)8-15(19)16(14)20/h7-10,13H,5-6H2,1-4H3/t13?,17-/m0/s1. The van der Waals surface area contributed by atoms with Crippen molar-refractivity contribution in [3.05, 3.63) is 46.8 Å². The molecule has 0 saturated carbocycles. The predicted molar refractivity (Wildman–Crippen MR) is 75.0 cm³/mol. The molecular formula is C17H21F3. The molecule has 0 heterocycles. The first-order valence-corrected chi connectivity index (χ1v) is 7.09. The number of hydrogen-bond donors (Lipinski definition) is 0. The predicted octanol–water partition coefficient (Wildman–Crippen LogP) is 5.37. The van der Waals surface area contributed by atoms with Crippen molar-refractivity contribution in [2.24, 2.45) is 11.8 Å². The summed E-state index contributed by atoms with van der Waals surface area (Å²) in [6, 6.07) is 1.74. The van der Waals surface area contributed by atoms with Gasteiger partial charge in [0.25, 0.3) is 0 Å². The Labute approximate surface area is 118 Å². The minimum absolute atomic E-state index is 0.132. The molecule has 0 saturated heterocycles. The summed E-state index contributed by atoms with van der Waals surface area (Å²) in [5.41, 5.74) is 0.616. The Kier molecular flexibility index (Phi) is 3.99. The minimum Gasteiger partial charge on any atom is -0.207 e. The van der Waals surface area contributed by atoms with Crippen LogP contribution in [0.5, 0.6) is 0 Å². The zero-order valence-electron chi connectivity index (χ0n) is 12.4. The van der Waals surface area contributed by atoms with Crippen LogP contribution in [0.25, 0.3) is 0 Å². The largest absolute Gasteiger partial charge is 0.207 e. The van der Waals surface area contributed by atoms with Crippen LogP contribution in [0.2, 0.25) is 0 Å². The Morgan fingerprint density at radius 3 is 2.45 bits per heavy atom. The van der Waals surface area contributed by atoms with Crippen molar-refractivity contribution in [3.8, 4) is 0 Å². The van der Waals surface area contributed by atoms with E-state index in [1.807, 2.05) is 19.9 Å². The van der Waals surface area contributed by atoms with E-state index in [0.29, 0.717) is 12.0 Å². The molecule has 0 aliphatic heterocycles. The normalized spacial score (nSPS) is 26.8. The molecule has 0 N–H and O–H groups in total. The average molecular weight is 282 g/mol. The Hall–Kier alpha value is -1.25. The van der Waals surface area contributed by atoms with Gasteiger partial charge in [0, 0.05) is 17.0 Å². The van der Waals surface area contributed by atoms with Crippen LogP contribution < -0.4 is 0 Å². The zero-order chi connectivity index (χ0) is 15.1. The first-order chi connectivity index (χ1) is 9.25. The smallest absolute Gasteiger partial charge is 0.163 e. The lowest BCUT2D eigenvalue weighted by atomic mass is 9.62. The molecule has 2 atom stereocenters. The molecule has 0 aromatic heterocycles. The summed E-state index contributed by atoms with van der Waals surface area (Å²) < 4.78 is 41.3. The third kappa shape index (κ3) is 2.50. The van der Waals surface area contributed by atoms with E-state index in [2.05, 4.69) is 13.8 Å². The lowest BCUT2D eigenvalue weighted by molar-refractivity contribution is 0.230. The van der Waals surface area contributed by atoms with E-state index >= 15 is 0 Å². The van der Waals surface area contributed by atoms with Gasteiger partial charge in [-0.25, -0.2) is 13.2 Å². The molecule has 0 radical (unpaired) electrons. The van der Waals surface area contributed by atoms with E-state index in [1.54, 1.807) is 0 Å². The van der Waals surface area contributed by atoms with Crippen molar-refractivity contribution in [2.75, 3.05) is 0 Å². The molecule has 1 aliphatic rings. The number of rotatable bonds is 2. The molecular weight excluding hydrogens is 261 g/mol. The van der Waals surface area contributed by atoms with Gasteiger partial charge in [0.15, 0.2) is 11.6 Å². The Bertz CT molecular complexity index is 545. The summed E-state index contributed by atoms with van der Waals surface area (Å²) >= 11 is 0. The summed E-state index contributed by atoms with van der Waals surface area (Å²) in [5, 5.41) is 0.